The Morgan fingerprint density at radius 2 is 2.00 bits per heavy atom. The highest BCUT2D eigenvalue weighted by molar-refractivity contribution is 7.22. The van der Waals surface area contributed by atoms with Gasteiger partial charge in [-0.1, -0.05) is 17.7 Å². The van der Waals surface area contributed by atoms with Crippen molar-refractivity contribution in [2.75, 3.05) is 0 Å². The van der Waals surface area contributed by atoms with Crippen molar-refractivity contribution in [3.05, 3.63) is 47.7 Å². The number of hydrogen-bond donors (Lipinski definition) is 0. The Labute approximate surface area is 102 Å². The monoisotopic (exact) mass is 246 g/mol. The molecule has 0 aliphatic heterocycles. The van der Waals surface area contributed by atoms with Crippen LogP contribution in [0.5, 0.6) is 0 Å². The maximum Gasteiger partial charge on any atom is 0.0831 e. The molecule has 0 atom stereocenters. The zero-order chi connectivity index (χ0) is 11.0. The SMILES string of the molecule is Clc1ccnc2cc(-c3ccccn3)sc12. The fourth-order valence-corrected chi connectivity index (χ4v) is 2.81. The van der Waals surface area contributed by atoms with E-state index in [1.807, 2.05) is 30.3 Å². The third kappa shape index (κ3) is 1.58. The molecule has 3 aromatic rings. The van der Waals surface area contributed by atoms with Crippen LogP contribution in [0.2, 0.25) is 5.02 Å². The van der Waals surface area contributed by atoms with Crippen LogP contribution in [0.4, 0.5) is 0 Å². The molecule has 3 heterocycles. The second-order valence-electron chi connectivity index (χ2n) is 3.33. The summed E-state index contributed by atoms with van der Waals surface area (Å²) in [7, 11) is 0. The lowest BCUT2D eigenvalue weighted by Crippen LogP contribution is -1.75. The molecule has 0 radical (unpaired) electrons. The summed E-state index contributed by atoms with van der Waals surface area (Å²) >= 11 is 7.73. The molecular weight excluding hydrogens is 240 g/mol. The minimum Gasteiger partial charge on any atom is -0.255 e. The van der Waals surface area contributed by atoms with Gasteiger partial charge in [0.15, 0.2) is 0 Å². The fraction of sp³-hybridized carbons (Fsp3) is 0. The van der Waals surface area contributed by atoms with Gasteiger partial charge in [-0.05, 0) is 24.3 Å². The molecule has 0 N–H and O–H groups in total. The van der Waals surface area contributed by atoms with Gasteiger partial charge in [0.25, 0.3) is 0 Å². The van der Waals surface area contributed by atoms with E-state index in [9.17, 15) is 0 Å². The Kier molecular flexibility index (Phi) is 2.35. The summed E-state index contributed by atoms with van der Waals surface area (Å²) in [5.74, 6) is 0. The van der Waals surface area contributed by atoms with Gasteiger partial charge in [0.05, 0.1) is 25.8 Å². The largest absolute Gasteiger partial charge is 0.255 e. The molecule has 0 aliphatic rings. The second-order valence-corrected chi connectivity index (χ2v) is 4.79. The number of hydrogen-bond acceptors (Lipinski definition) is 3. The third-order valence-corrected chi connectivity index (χ3v) is 3.89. The Bertz CT molecular complexity index is 634. The number of halogens is 1. The molecule has 16 heavy (non-hydrogen) atoms. The molecule has 3 rings (SSSR count). The molecule has 0 unspecified atom stereocenters. The van der Waals surface area contributed by atoms with Gasteiger partial charge in [0.1, 0.15) is 0 Å². The van der Waals surface area contributed by atoms with Gasteiger partial charge in [-0.2, -0.15) is 0 Å². The number of thiophene rings is 1. The Morgan fingerprint density at radius 1 is 1.06 bits per heavy atom. The highest BCUT2D eigenvalue weighted by Gasteiger charge is 2.07. The summed E-state index contributed by atoms with van der Waals surface area (Å²) in [5, 5.41) is 0.747. The van der Waals surface area contributed by atoms with Gasteiger partial charge in [-0.15, -0.1) is 11.3 Å². The molecule has 4 heteroatoms. The van der Waals surface area contributed by atoms with E-state index in [0.29, 0.717) is 0 Å². The lowest BCUT2D eigenvalue weighted by molar-refractivity contribution is 1.34. The lowest BCUT2D eigenvalue weighted by Gasteiger charge is -1.92. The topological polar surface area (TPSA) is 25.8 Å². The minimum atomic E-state index is 0.747. The van der Waals surface area contributed by atoms with Gasteiger partial charge in [0.2, 0.25) is 0 Å². The number of nitrogens with zero attached hydrogens (tertiary/aromatic N) is 2. The standard InChI is InChI=1S/C12H7ClN2S/c13-8-4-6-15-10-7-11(16-12(8)10)9-3-1-2-5-14-9/h1-7H. The first-order chi connectivity index (χ1) is 7.84. The van der Waals surface area contributed by atoms with Crippen molar-refractivity contribution in [2.45, 2.75) is 0 Å². The predicted molar refractivity (Wildman–Crippen MR) is 67.9 cm³/mol. The molecule has 0 fully saturated rings. The first kappa shape index (κ1) is 9.75. The number of rotatable bonds is 1. The molecule has 3 aromatic heterocycles. The summed E-state index contributed by atoms with van der Waals surface area (Å²) in [6.07, 6.45) is 3.51. The summed E-state index contributed by atoms with van der Waals surface area (Å²) in [5.41, 5.74) is 1.89. The quantitative estimate of drug-likeness (QED) is 0.648. The smallest absolute Gasteiger partial charge is 0.0831 e. The minimum absolute atomic E-state index is 0.747. The van der Waals surface area contributed by atoms with E-state index in [1.165, 1.54) is 0 Å². The van der Waals surface area contributed by atoms with E-state index < -0.39 is 0 Å². The van der Waals surface area contributed by atoms with E-state index in [-0.39, 0.29) is 0 Å². The molecule has 78 valence electrons. The fourth-order valence-electron chi connectivity index (χ4n) is 1.54. The summed E-state index contributed by atoms with van der Waals surface area (Å²) in [6, 6.07) is 9.69. The number of pyridine rings is 2. The molecule has 0 bridgehead atoms. The first-order valence-electron chi connectivity index (χ1n) is 4.80. The Balaban J connectivity index is 2.23. The van der Waals surface area contributed by atoms with Crippen LogP contribution in [0, 0.1) is 0 Å². The van der Waals surface area contributed by atoms with Crippen molar-refractivity contribution < 1.29 is 0 Å². The van der Waals surface area contributed by atoms with Crippen LogP contribution in [-0.2, 0) is 0 Å². The lowest BCUT2D eigenvalue weighted by atomic mass is 10.3. The highest BCUT2D eigenvalue weighted by atomic mass is 35.5. The Morgan fingerprint density at radius 3 is 2.75 bits per heavy atom. The summed E-state index contributed by atoms with van der Waals surface area (Å²) < 4.78 is 1.02. The van der Waals surface area contributed by atoms with Crippen LogP contribution >= 0.6 is 22.9 Å². The van der Waals surface area contributed by atoms with Crippen molar-refractivity contribution >= 4 is 33.2 Å². The summed E-state index contributed by atoms with van der Waals surface area (Å²) in [4.78, 5) is 9.69. The normalized spacial score (nSPS) is 10.8. The molecule has 0 spiro atoms. The van der Waals surface area contributed by atoms with Crippen LogP contribution < -0.4 is 0 Å². The van der Waals surface area contributed by atoms with E-state index in [1.54, 1.807) is 23.7 Å². The Hall–Kier alpha value is -1.45. The molecule has 0 amide bonds. The van der Waals surface area contributed by atoms with E-state index >= 15 is 0 Å². The van der Waals surface area contributed by atoms with Crippen LogP contribution in [0.3, 0.4) is 0 Å². The zero-order valence-electron chi connectivity index (χ0n) is 8.22. The molecule has 0 aromatic carbocycles. The van der Waals surface area contributed by atoms with Crippen molar-refractivity contribution in [1.82, 2.24) is 9.97 Å². The number of fused-ring (bicyclic) bond motifs is 1. The van der Waals surface area contributed by atoms with Gasteiger partial charge in [-0.25, -0.2) is 0 Å². The van der Waals surface area contributed by atoms with Crippen molar-refractivity contribution in [2.24, 2.45) is 0 Å². The van der Waals surface area contributed by atoms with Gasteiger partial charge in [-0.3, -0.25) is 9.97 Å². The van der Waals surface area contributed by atoms with Crippen molar-refractivity contribution in [1.29, 1.82) is 0 Å². The second kappa shape index (κ2) is 3.85. The molecule has 0 aliphatic carbocycles. The van der Waals surface area contributed by atoms with Gasteiger partial charge >= 0.3 is 0 Å². The zero-order valence-corrected chi connectivity index (χ0v) is 9.79. The number of aromatic nitrogens is 2. The van der Waals surface area contributed by atoms with Crippen LogP contribution in [-0.4, -0.2) is 9.97 Å². The van der Waals surface area contributed by atoms with Gasteiger partial charge in [0, 0.05) is 12.4 Å². The van der Waals surface area contributed by atoms with Crippen LogP contribution in [0.1, 0.15) is 0 Å². The first-order valence-corrected chi connectivity index (χ1v) is 5.99. The average molecular weight is 247 g/mol. The molecule has 0 saturated carbocycles. The predicted octanol–water partition coefficient (Wildman–Crippen LogP) is 4.01. The van der Waals surface area contributed by atoms with Gasteiger partial charge < -0.3 is 0 Å². The maximum absolute atomic E-state index is 6.11. The summed E-state index contributed by atoms with van der Waals surface area (Å²) in [6.45, 7) is 0. The molecular formula is C12H7ClN2S. The third-order valence-electron chi connectivity index (χ3n) is 2.28. The highest BCUT2D eigenvalue weighted by Crippen LogP contribution is 2.35. The maximum atomic E-state index is 6.11. The van der Waals surface area contributed by atoms with Crippen molar-refractivity contribution in [3.63, 3.8) is 0 Å². The average Bonchev–Trinajstić information content (AvgIpc) is 2.76. The van der Waals surface area contributed by atoms with Crippen molar-refractivity contribution in [3.8, 4) is 10.6 Å². The van der Waals surface area contributed by atoms with Crippen LogP contribution in [0.15, 0.2) is 42.7 Å². The molecule has 0 saturated heterocycles. The van der Waals surface area contributed by atoms with Crippen LogP contribution in [0.25, 0.3) is 20.8 Å². The molecule has 2 nitrogen and oxygen atoms in total. The van der Waals surface area contributed by atoms with E-state index in [0.717, 1.165) is 25.8 Å². The van der Waals surface area contributed by atoms with E-state index in [4.69, 9.17) is 11.6 Å². The van der Waals surface area contributed by atoms with E-state index in [2.05, 4.69) is 9.97 Å².